The minimum absolute atomic E-state index is 0.00796. The number of rotatable bonds is 11. The van der Waals surface area contributed by atoms with Gasteiger partial charge in [0.15, 0.2) is 12.4 Å². The minimum Gasteiger partial charge on any atom is -0.320 e. The maximum absolute atomic E-state index is 12.2. The van der Waals surface area contributed by atoms with Crippen LogP contribution in [0.1, 0.15) is 32.6 Å². The Morgan fingerprint density at radius 1 is 1.03 bits per heavy atom. The van der Waals surface area contributed by atoms with E-state index in [0.717, 1.165) is 0 Å². The number of Topliss-reactive ketones (excluding diaryl/α,β-unsaturated/α-hetero) is 1. The van der Waals surface area contributed by atoms with Gasteiger partial charge in [-0.05, 0) is 12.5 Å². The van der Waals surface area contributed by atoms with Gasteiger partial charge < -0.3 is 5.32 Å². The number of hydrogen-bond donors (Lipinski definition) is 2. The lowest BCUT2D eigenvalue weighted by atomic mass is 10.1. The largest absolute Gasteiger partial charge is 0.320 e. The van der Waals surface area contributed by atoms with E-state index >= 15 is 0 Å². The summed E-state index contributed by atoms with van der Waals surface area (Å²) in [5.41, 5.74) is 2.80. The highest BCUT2D eigenvalue weighted by molar-refractivity contribution is 6.03. The van der Waals surface area contributed by atoms with Crippen LogP contribution in [0.5, 0.6) is 0 Å². The van der Waals surface area contributed by atoms with Gasteiger partial charge in [0.1, 0.15) is 11.5 Å². The molecule has 162 valence electrons. The third-order valence-electron chi connectivity index (χ3n) is 4.26. The molecule has 0 aliphatic carbocycles. The van der Waals surface area contributed by atoms with E-state index in [1.54, 1.807) is 35.2 Å². The van der Waals surface area contributed by atoms with E-state index in [1.807, 2.05) is 13.0 Å². The van der Waals surface area contributed by atoms with Crippen LogP contribution in [0.3, 0.4) is 0 Å². The molecule has 2 amide bonds. The molecule has 2 N–H and O–H groups in total. The topological polar surface area (TPSA) is 135 Å². The second kappa shape index (κ2) is 11.9. The van der Waals surface area contributed by atoms with Crippen molar-refractivity contribution in [2.45, 2.75) is 39.2 Å². The number of para-hydroxylation sites is 2. The zero-order valence-electron chi connectivity index (χ0n) is 17.1. The molecule has 2 aromatic rings. The Morgan fingerprint density at radius 3 is 2.42 bits per heavy atom. The summed E-state index contributed by atoms with van der Waals surface area (Å²) >= 11 is 0. The number of amides is 2. The maximum atomic E-state index is 12.2. The van der Waals surface area contributed by atoms with Crippen LogP contribution in [0, 0.1) is 10.1 Å². The predicted octanol–water partition coefficient (Wildman–Crippen LogP) is 2.14. The van der Waals surface area contributed by atoms with Gasteiger partial charge in [-0.25, -0.2) is 5.43 Å². The molecule has 0 radical (unpaired) electrons. The van der Waals surface area contributed by atoms with Gasteiger partial charge in [0.25, 0.3) is 5.69 Å². The Balaban J connectivity index is 1.80. The molecule has 10 nitrogen and oxygen atoms in total. The third-order valence-corrected chi connectivity index (χ3v) is 4.26. The molecule has 0 aliphatic rings. The first kappa shape index (κ1) is 23.3. The fourth-order valence-corrected chi connectivity index (χ4v) is 2.65. The summed E-state index contributed by atoms with van der Waals surface area (Å²) in [7, 11) is 0. The first-order valence-electron chi connectivity index (χ1n) is 9.72. The van der Waals surface area contributed by atoms with Crippen molar-refractivity contribution in [3.05, 3.63) is 65.0 Å². The highest BCUT2D eigenvalue weighted by Crippen LogP contribution is 2.23. The fourth-order valence-electron chi connectivity index (χ4n) is 2.65. The van der Waals surface area contributed by atoms with Gasteiger partial charge in [0.05, 0.1) is 4.92 Å². The van der Waals surface area contributed by atoms with Crippen LogP contribution in [-0.2, 0) is 20.9 Å². The van der Waals surface area contributed by atoms with Crippen LogP contribution < -0.4 is 15.3 Å². The summed E-state index contributed by atoms with van der Waals surface area (Å²) in [6, 6.07) is 11.2. The van der Waals surface area contributed by atoms with Crippen LogP contribution in [0.15, 0.2) is 60.0 Å². The molecule has 1 aromatic carbocycles. The predicted molar refractivity (Wildman–Crippen MR) is 113 cm³/mol. The number of ketones is 1. The standard InChI is InChI=1S/C21H23N5O5/c1-2-16(23-24-21(29)15-25-12-6-3-7-13-25)14-17(27)10-11-20(28)22-18-8-4-5-9-19(18)26(30)31/h3-9,12-13H,2,10-11,14-15H2,1H3,(H-,22,24,28,29)/p+1. The number of anilines is 1. The average Bonchev–Trinajstić information content (AvgIpc) is 2.76. The Morgan fingerprint density at radius 2 is 1.74 bits per heavy atom. The van der Waals surface area contributed by atoms with Crippen molar-refractivity contribution in [2.24, 2.45) is 5.10 Å². The van der Waals surface area contributed by atoms with Gasteiger partial charge in [0, 0.05) is 43.2 Å². The van der Waals surface area contributed by atoms with Crippen molar-refractivity contribution in [2.75, 3.05) is 5.32 Å². The molecule has 1 heterocycles. The number of pyridine rings is 1. The van der Waals surface area contributed by atoms with E-state index in [0.29, 0.717) is 12.1 Å². The molecule has 1 aromatic heterocycles. The van der Waals surface area contributed by atoms with E-state index in [2.05, 4.69) is 15.8 Å². The average molecular weight is 426 g/mol. The highest BCUT2D eigenvalue weighted by Gasteiger charge is 2.16. The molecular weight excluding hydrogens is 402 g/mol. The van der Waals surface area contributed by atoms with Gasteiger partial charge in [-0.15, -0.1) is 0 Å². The van der Waals surface area contributed by atoms with Crippen molar-refractivity contribution >= 4 is 34.7 Å². The summed E-state index contributed by atoms with van der Waals surface area (Å²) in [5.74, 6) is -1.03. The molecule has 0 fully saturated rings. The molecule has 10 heteroatoms. The molecule has 0 unspecified atom stereocenters. The summed E-state index contributed by atoms with van der Waals surface area (Å²) in [6.07, 6.45) is 3.82. The van der Waals surface area contributed by atoms with Crippen LogP contribution in [-0.4, -0.2) is 28.2 Å². The SMILES string of the molecule is CCC(CC(=O)CCC(=O)Nc1ccccc1[N+](=O)[O-])=NNC(=O)C[n+]1ccccc1. The Hall–Kier alpha value is -3.95. The Bertz CT molecular complexity index is 975. The molecule has 0 aliphatic heterocycles. The number of nitro benzene ring substituents is 1. The second-order valence-corrected chi connectivity index (χ2v) is 6.65. The fraction of sp³-hybridized carbons (Fsp3) is 0.286. The summed E-state index contributed by atoms with van der Waals surface area (Å²) in [5, 5.41) is 17.5. The van der Waals surface area contributed by atoms with E-state index in [4.69, 9.17) is 0 Å². The van der Waals surface area contributed by atoms with Gasteiger partial charge in [-0.2, -0.15) is 9.67 Å². The van der Waals surface area contributed by atoms with Gasteiger partial charge in [-0.3, -0.25) is 24.5 Å². The summed E-state index contributed by atoms with van der Waals surface area (Å²) in [6.45, 7) is 1.91. The molecular formula is C21H24N5O5+. The lowest BCUT2D eigenvalue weighted by molar-refractivity contribution is -0.684. The van der Waals surface area contributed by atoms with Gasteiger partial charge in [0.2, 0.25) is 12.5 Å². The molecule has 2 rings (SSSR count). The normalized spacial score (nSPS) is 10.9. The second-order valence-electron chi connectivity index (χ2n) is 6.65. The van der Waals surface area contributed by atoms with Gasteiger partial charge in [-0.1, -0.05) is 25.1 Å². The van der Waals surface area contributed by atoms with Crippen LogP contribution in [0.2, 0.25) is 0 Å². The van der Waals surface area contributed by atoms with Crippen molar-refractivity contribution in [1.29, 1.82) is 0 Å². The molecule has 0 saturated carbocycles. The molecule has 0 atom stereocenters. The van der Waals surface area contributed by atoms with E-state index < -0.39 is 10.8 Å². The van der Waals surface area contributed by atoms with Crippen molar-refractivity contribution in [1.82, 2.24) is 5.43 Å². The smallest absolute Gasteiger partial charge is 0.305 e. The number of nitrogens with one attached hydrogen (secondary N) is 2. The molecule has 0 spiro atoms. The Labute approximate surface area is 179 Å². The Kier molecular flexibility index (Phi) is 8.96. The number of aromatic nitrogens is 1. The van der Waals surface area contributed by atoms with Crippen molar-refractivity contribution < 1.29 is 23.9 Å². The van der Waals surface area contributed by atoms with Crippen LogP contribution in [0.25, 0.3) is 0 Å². The third kappa shape index (κ3) is 8.13. The van der Waals surface area contributed by atoms with E-state index in [-0.39, 0.29) is 48.9 Å². The van der Waals surface area contributed by atoms with Crippen LogP contribution >= 0.6 is 0 Å². The first-order valence-corrected chi connectivity index (χ1v) is 9.72. The van der Waals surface area contributed by atoms with Gasteiger partial charge >= 0.3 is 5.91 Å². The molecule has 31 heavy (non-hydrogen) atoms. The van der Waals surface area contributed by atoms with Crippen molar-refractivity contribution in [3.8, 4) is 0 Å². The van der Waals surface area contributed by atoms with Crippen molar-refractivity contribution in [3.63, 3.8) is 0 Å². The number of benzene rings is 1. The highest BCUT2D eigenvalue weighted by atomic mass is 16.6. The maximum Gasteiger partial charge on any atom is 0.305 e. The van der Waals surface area contributed by atoms with Crippen LogP contribution in [0.4, 0.5) is 11.4 Å². The number of nitro groups is 1. The molecule has 0 bridgehead atoms. The summed E-state index contributed by atoms with van der Waals surface area (Å²) in [4.78, 5) is 46.6. The molecule has 0 saturated heterocycles. The van der Waals surface area contributed by atoms with E-state index in [9.17, 15) is 24.5 Å². The first-order chi connectivity index (χ1) is 14.9. The number of hydrogen-bond acceptors (Lipinski definition) is 6. The number of carbonyl (C=O) groups excluding carboxylic acids is 3. The monoisotopic (exact) mass is 426 g/mol. The number of hydrazone groups is 1. The zero-order valence-corrected chi connectivity index (χ0v) is 17.1. The lowest BCUT2D eigenvalue weighted by Gasteiger charge is -2.06. The van der Waals surface area contributed by atoms with E-state index in [1.165, 1.54) is 18.2 Å². The summed E-state index contributed by atoms with van der Waals surface area (Å²) < 4.78 is 1.69. The lowest BCUT2D eigenvalue weighted by Crippen LogP contribution is -2.41. The zero-order chi connectivity index (χ0) is 22.6. The minimum atomic E-state index is -0.588. The quantitative estimate of drug-likeness (QED) is 0.246. The number of nitrogens with zero attached hydrogens (tertiary/aromatic N) is 3. The number of carbonyl (C=O) groups is 3.